The van der Waals surface area contributed by atoms with Gasteiger partial charge in [0.05, 0.1) is 5.69 Å². The first-order chi connectivity index (χ1) is 14.7. The number of rotatable bonds is 4. The van der Waals surface area contributed by atoms with E-state index in [0.29, 0.717) is 15.7 Å². The van der Waals surface area contributed by atoms with Crippen molar-refractivity contribution in [1.29, 1.82) is 0 Å². The summed E-state index contributed by atoms with van der Waals surface area (Å²) in [5.74, 6) is 0.707. The fourth-order valence-electron chi connectivity index (χ4n) is 2.65. The van der Waals surface area contributed by atoms with Crippen LogP contribution in [0.4, 0.5) is 5.13 Å². The number of thiazole rings is 1. The quantitative estimate of drug-likeness (QED) is 0.551. The summed E-state index contributed by atoms with van der Waals surface area (Å²) in [5, 5.41) is 8.85. The summed E-state index contributed by atoms with van der Waals surface area (Å²) in [6.45, 7) is 0. The van der Waals surface area contributed by atoms with Crippen LogP contribution in [0.2, 0.25) is 5.02 Å². The summed E-state index contributed by atoms with van der Waals surface area (Å²) in [6, 6.07) is 6.69. The van der Waals surface area contributed by atoms with Gasteiger partial charge in [-0.2, -0.15) is 5.10 Å². The maximum atomic E-state index is 12.4. The number of nitrogens with one attached hydrogen (secondary N) is 1. The number of benzene rings is 1. The third-order valence-corrected chi connectivity index (χ3v) is 5.27. The zero-order valence-electron chi connectivity index (χ0n) is 16.0. The molecule has 0 spiro atoms. The minimum atomic E-state index is -0.246. The van der Waals surface area contributed by atoms with Gasteiger partial charge in [0, 0.05) is 16.5 Å². The number of aromatic nitrogens is 4. The van der Waals surface area contributed by atoms with E-state index >= 15 is 0 Å². The largest absolute Gasteiger partial charge is 2.00 e. The molecule has 1 amide bonds. The second-order valence-corrected chi connectivity index (χ2v) is 7.52. The zero-order chi connectivity index (χ0) is 20.8. The van der Waals surface area contributed by atoms with E-state index in [1.54, 1.807) is 35.3 Å². The summed E-state index contributed by atoms with van der Waals surface area (Å²) in [4.78, 5) is 20.9. The molecule has 0 bridgehead atoms. The van der Waals surface area contributed by atoms with Gasteiger partial charge in [-0.15, -0.1) is 0 Å². The Kier molecular flexibility index (Phi) is 9.08. The summed E-state index contributed by atoms with van der Waals surface area (Å²) in [6.07, 6.45) is 20.9. The van der Waals surface area contributed by atoms with E-state index in [1.165, 1.54) is 17.7 Å². The van der Waals surface area contributed by atoms with E-state index in [9.17, 15) is 4.79 Å². The SMILES string of the molecule is O=C(Nc1nc([C]2[CH][CH][CH][CH]2)c(-n2cncn2)s1)c1ccc(Cl)cc1.[CH]1[CH][CH][CH][CH]1.[Fe+2]. The van der Waals surface area contributed by atoms with Crippen LogP contribution in [0.5, 0.6) is 0 Å². The van der Waals surface area contributed by atoms with Gasteiger partial charge < -0.3 is 0 Å². The first-order valence-electron chi connectivity index (χ1n) is 9.02. The summed E-state index contributed by atoms with van der Waals surface area (Å²) in [5.41, 5.74) is 1.25. The maximum Gasteiger partial charge on any atom is 2.00 e. The van der Waals surface area contributed by atoms with Gasteiger partial charge in [0.25, 0.3) is 5.91 Å². The number of nitrogens with zero attached hydrogens (tertiary/aromatic N) is 4. The molecule has 6 nitrogen and oxygen atoms in total. The molecule has 1 aromatic carbocycles. The van der Waals surface area contributed by atoms with Gasteiger partial charge >= 0.3 is 17.1 Å². The van der Waals surface area contributed by atoms with Crippen molar-refractivity contribution in [3.05, 3.63) is 117 Å². The number of hydrogen-bond acceptors (Lipinski definition) is 5. The second kappa shape index (κ2) is 11.8. The molecule has 2 aliphatic rings. The molecule has 2 heterocycles. The molecule has 9 heteroatoms. The van der Waals surface area contributed by atoms with E-state index in [4.69, 9.17) is 11.6 Å². The molecule has 2 saturated carbocycles. The molecule has 31 heavy (non-hydrogen) atoms. The third kappa shape index (κ3) is 6.39. The Balaban J connectivity index is 0.000000401. The fourth-order valence-corrected chi connectivity index (χ4v) is 3.68. The number of anilines is 1. The number of halogens is 1. The predicted octanol–water partition coefficient (Wildman–Crippen LogP) is 4.40. The van der Waals surface area contributed by atoms with Gasteiger partial charge in [-0.1, -0.05) is 22.9 Å². The van der Waals surface area contributed by atoms with Crippen LogP contribution >= 0.6 is 22.9 Å². The first kappa shape index (κ1) is 23.9. The monoisotopic (exact) mass is 489 g/mol. The van der Waals surface area contributed by atoms with Crippen molar-refractivity contribution in [3.63, 3.8) is 0 Å². The Morgan fingerprint density at radius 3 is 2.19 bits per heavy atom. The number of amides is 1. The summed E-state index contributed by atoms with van der Waals surface area (Å²) in [7, 11) is 0. The maximum absolute atomic E-state index is 12.4. The Morgan fingerprint density at radius 2 is 1.61 bits per heavy atom. The van der Waals surface area contributed by atoms with Gasteiger partial charge in [-0.05, 0) is 82.1 Å². The van der Waals surface area contributed by atoms with Crippen molar-refractivity contribution in [2.24, 2.45) is 0 Å². The van der Waals surface area contributed by atoms with Crippen LogP contribution in [0.3, 0.4) is 0 Å². The first-order valence-corrected chi connectivity index (χ1v) is 10.2. The third-order valence-electron chi connectivity index (χ3n) is 4.05. The molecule has 0 unspecified atom stereocenters. The standard InChI is InChI=1S/C17H11ClN5OS.C5H5.Fe/c18-13-7-5-12(6-8-13)15(24)22-17-21-14(11-3-1-2-4-11)16(25-17)23-10-19-9-20-23;1-2-4-5-3-1;/h1-10H,(H,21,22,24);1-5H;/q;;+2. The summed E-state index contributed by atoms with van der Waals surface area (Å²) >= 11 is 7.19. The number of carbonyl (C=O) groups excluding carboxylic acids is 1. The van der Waals surface area contributed by atoms with Crippen molar-refractivity contribution in [2.45, 2.75) is 0 Å². The average molecular weight is 490 g/mol. The van der Waals surface area contributed by atoms with Gasteiger partial charge in [-0.25, -0.2) is 14.6 Å². The van der Waals surface area contributed by atoms with E-state index in [2.05, 4.69) is 20.4 Å². The van der Waals surface area contributed by atoms with Crippen LogP contribution in [0, 0.1) is 63.7 Å². The van der Waals surface area contributed by atoms with Gasteiger partial charge in [0.2, 0.25) is 0 Å². The molecular formula is C22H16ClFeN5OS+2. The topological polar surface area (TPSA) is 72.7 Å². The van der Waals surface area contributed by atoms with Crippen LogP contribution < -0.4 is 5.32 Å². The Labute approximate surface area is 202 Å². The molecular weight excluding hydrogens is 474 g/mol. The normalized spacial score (nSPS) is 15.8. The molecule has 154 valence electrons. The Hall–Kier alpha value is -1.73. The van der Waals surface area contributed by atoms with Gasteiger partial charge in [-0.3, -0.25) is 10.1 Å². The van der Waals surface area contributed by atoms with E-state index < -0.39 is 0 Å². The molecule has 5 rings (SSSR count). The number of hydrogen-bond donors (Lipinski definition) is 1. The molecule has 0 aliphatic heterocycles. The molecule has 2 aliphatic carbocycles. The van der Waals surface area contributed by atoms with Crippen LogP contribution in [-0.4, -0.2) is 25.7 Å². The minimum Gasteiger partial charge on any atom is -0.298 e. The zero-order valence-corrected chi connectivity index (χ0v) is 18.7. The van der Waals surface area contributed by atoms with Gasteiger partial charge in [0.15, 0.2) is 5.13 Å². The Morgan fingerprint density at radius 1 is 0.968 bits per heavy atom. The Bertz CT molecular complexity index is 943. The van der Waals surface area contributed by atoms with Crippen molar-refractivity contribution >= 4 is 34.0 Å². The van der Waals surface area contributed by atoms with Crippen LogP contribution in [0.15, 0.2) is 36.9 Å². The fraction of sp³-hybridized carbons (Fsp3) is 0. The van der Waals surface area contributed by atoms with Crippen LogP contribution in [0.25, 0.3) is 5.00 Å². The number of carbonyl (C=O) groups is 1. The predicted molar refractivity (Wildman–Crippen MR) is 117 cm³/mol. The molecule has 3 aromatic rings. The van der Waals surface area contributed by atoms with E-state index in [0.717, 1.165) is 16.6 Å². The van der Waals surface area contributed by atoms with Crippen LogP contribution in [-0.2, 0) is 17.1 Å². The molecule has 2 aromatic heterocycles. The van der Waals surface area contributed by atoms with E-state index in [1.807, 2.05) is 57.8 Å². The summed E-state index contributed by atoms with van der Waals surface area (Å²) < 4.78 is 1.64. The molecule has 10 radical (unpaired) electrons. The molecule has 0 atom stereocenters. The average Bonchev–Trinajstić information content (AvgIpc) is 3.57. The van der Waals surface area contributed by atoms with Crippen molar-refractivity contribution in [1.82, 2.24) is 19.7 Å². The van der Waals surface area contributed by atoms with E-state index in [-0.39, 0.29) is 23.0 Å². The van der Waals surface area contributed by atoms with Crippen molar-refractivity contribution in [3.8, 4) is 5.00 Å². The molecule has 0 saturated heterocycles. The van der Waals surface area contributed by atoms with Crippen molar-refractivity contribution < 1.29 is 21.9 Å². The second-order valence-electron chi connectivity index (χ2n) is 6.11. The minimum absolute atomic E-state index is 0. The molecule has 1 N–H and O–H groups in total. The van der Waals surface area contributed by atoms with Crippen molar-refractivity contribution in [2.75, 3.05) is 5.32 Å². The smallest absolute Gasteiger partial charge is 0.298 e. The molecule has 2 fully saturated rings. The van der Waals surface area contributed by atoms with Gasteiger partial charge in [0.1, 0.15) is 17.7 Å². The van der Waals surface area contributed by atoms with Crippen LogP contribution in [0.1, 0.15) is 16.1 Å².